The Morgan fingerprint density at radius 3 is 3.09 bits per heavy atom. The Morgan fingerprint density at radius 2 is 2.36 bits per heavy atom. The molecule has 0 radical (unpaired) electrons. The van der Waals surface area contributed by atoms with Gasteiger partial charge in [0.25, 0.3) is 0 Å². The molecular formula is C18H27N3O. The van der Waals surface area contributed by atoms with Crippen LogP contribution in [0.5, 0.6) is 0 Å². The minimum absolute atomic E-state index is 0.203. The summed E-state index contributed by atoms with van der Waals surface area (Å²) in [7, 11) is 0. The lowest BCUT2D eigenvalue weighted by atomic mass is 9.76. The molecule has 1 spiro atoms. The number of rotatable bonds is 4. The van der Waals surface area contributed by atoms with E-state index in [1.807, 2.05) is 32.3 Å². The van der Waals surface area contributed by atoms with E-state index in [4.69, 9.17) is 0 Å². The van der Waals surface area contributed by atoms with E-state index in [0.717, 1.165) is 32.5 Å². The third-order valence-electron chi connectivity index (χ3n) is 5.25. The van der Waals surface area contributed by atoms with Crippen molar-refractivity contribution in [2.45, 2.75) is 52.1 Å². The number of nitrogens with zero attached hydrogens (tertiary/aromatic N) is 2. The van der Waals surface area contributed by atoms with Gasteiger partial charge in [0.2, 0.25) is 5.91 Å². The molecular weight excluding hydrogens is 274 g/mol. The second-order valence-electron chi connectivity index (χ2n) is 7.29. The van der Waals surface area contributed by atoms with E-state index in [9.17, 15) is 4.79 Å². The van der Waals surface area contributed by atoms with Crippen molar-refractivity contribution >= 4 is 5.91 Å². The molecule has 2 fully saturated rings. The van der Waals surface area contributed by atoms with Crippen molar-refractivity contribution in [2.75, 3.05) is 13.1 Å². The zero-order valence-electron chi connectivity index (χ0n) is 13.7. The fraction of sp³-hybridized carbons (Fsp3) is 0.667. The molecule has 0 aromatic carbocycles. The van der Waals surface area contributed by atoms with Crippen molar-refractivity contribution in [2.24, 2.45) is 11.3 Å². The fourth-order valence-electron chi connectivity index (χ4n) is 4.29. The van der Waals surface area contributed by atoms with Gasteiger partial charge in [-0.1, -0.05) is 12.5 Å². The third-order valence-corrected chi connectivity index (χ3v) is 5.25. The standard InChI is InChI=1S/C18H27N3O/c1-14(2)20-17(22)16-6-3-7-18(16)8-10-21(13-18)12-15-5-4-9-19-11-15/h4-5,9,11,14,16H,3,6-8,10,12-13H2,1-2H3,(H,20,22)/t16-,18+/m0/s1. The number of carbonyl (C=O) groups excluding carboxylic acids is 1. The van der Waals surface area contributed by atoms with E-state index < -0.39 is 0 Å². The number of carbonyl (C=O) groups is 1. The summed E-state index contributed by atoms with van der Waals surface area (Å²) in [5.41, 5.74) is 1.47. The molecule has 4 nitrogen and oxygen atoms in total. The molecule has 1 aromatic heterocycles. The van der Waals surface area contributed by atoms with Crippen molar-refractivity contribution in [1.29, 1.82) is 0 Å². The smallest absolute Gasteiger partial charge is 0.223 e. The Morgan fingerprint density at radius 1 is 1.50 bits per heavy atom. The third kappa shape index (κ3) is 3.17. The number of pyridine rings is 1. The summed E-state index contributed by atoms with van der Waals surface area (Å²) in [4.78, 5) is 19.2. The maximum Gasteiger partial charge on any atom is 0.223 e. The number of hydrogen-bond acceptors (Lipinski definition) is 3. The van der Waals surface area contributed by atoms with Gasteiger partial charge in [-0.25, -0.2) is 0 Å². The van der Waals surface area contributed by atoms with E-state index >= 15 is 0 Å². The Hall–Kier alpha value is -1.42. The van der Waals surface area contributed by atoms with Crippen LogP contribution < -0.4 is 5.32 Å². The Labute approximate surface area is 133 Å². The Balaban J connectivity index is 1.65. The van der Waals surface area contributed by atoms with E-state index in [-0.39, 0.29) is 23.3 Å². The number of likely N-dealkylation sites (tertiary alicyclic amines) is 1. The van der Waals surface area contributed by atoms with Gasteiger partial charge in [0.15, 0.2) is 0 Å². The number of nitrogens with one attached hydrogen (secondary N) is 1. The maximum absolute atomic E-state index is 12.5. The number of amides is 1. The van der Waals surface area contributed by atoms with E-state index in [0.29, 0.717) is 0 Å². The zero-order valence-corrected chi connectivity index (χ0v) is 13.7. The van der Waals surface area contributed by atoms with Crippen LogP contribution in [0.15, 0.2) is 24.5 Å². The van der Waals surface area contributed by atoms with Gasteiger partial charge in [0.05, 0.1) is 0 Å². The van der Waals surface area contributed by atoms with Crippen LogP contribution in [0.25, 0.3) is 0 Å². The van der Waals surface area contributed by atoms with Crippen LogP contribution in [0, 0.1) is 11.3 Å². The molecule has 2 aliphatic rings. The molecule has 22 heavy (non-hydrogen) atoms. The molecule has 1 aliphatic heterocycles. The van der Waals surface area contributed by atoms with Crippen molar-refractivity contribution in [1.82, 2.24) is 15.2 Å². The highest BCUT2D eigenvalue weighted by atomic mass is 16.2. The van der Waals surface area contributed by atoms with Crippen LogP contribution >= 0.6 is 0 Å². The number of aromatic nitrogens is 1. The van der Waals surface area contributed by atoms with Crippen molar-refractivity contribution in [3.05, 3.63) is 30.1 Å². The first kappa shape index (κ1) is 15.5. The summed E-state index contributed by atoms with van der Waals surface area (Å²) in [5, 5.41) is 3.13. The largest absolute Gasteiger partial charge is 0.354 e. The Kier molecular flexibility index (Phi) is 4.48. The molecule has 1 aromatic rings. The molecule has 2 atom stereocenters. The normalized spacial score (nSPS) is 28.6. The van der Waals surface area contributed by atoms with Gasteiger partial charge in [-0.2, -0.15) is 0 Å². The molecule has 0 bridgehead atoms. The summed E-state index contributed by atoms with van der Waals surface area (Å²) < 4.78 is 0. The SMILES string of the molecule is CC(C)NC(=O)[C@@H]1CCC[C@]12CCN(Cc1cccnc1)C2. The van der Waals surface area contributed by atoms with Gasteiger partial charge in [-0.15, -0.1) is 0 Å². The molecule has 1 saturated carbocycles. The monoisotopic (exact) mass is 301 g/mol. The summed E-state index contributed by atoms with van der Waals surface area (Å²) in [6.07, 6.45) is 8.37. The zero-order chi connectivity index (χ0) is 15.6. The molecule has 120 valence electrons. The first-order chi connectivity index (χ1) is 10.6. The predicted octanol–water partition coefficient (Wildman–Crippen LogP) is 2.60. The quantitative estimate of drug-likeness (QED) is 0.930. The van der Waals surface area contributed by atoms with Crippen molar-refractivity contribution in [3.63, 3.8) is 0 Å². The molecule has 4 heteroatoms. The van der Waals surface area contributed by atoms with Gasteiger partial charge in [0.1, 0.15) is 0 Å². The van der Waals surface area contributed by atoms with Gasteiger partial charge < -0.3 is 5.32 Å². The van der Waals surface area contributed by atoms with Crippen molar-refractivity contribution in [3.8, 4) is 0 Å². The average molecular weight is 301 g/mol. The van der Waals surface area contributed by atoms with Gasteiger partial charge in [-0.05, 0) is 56.7 Å². The second kappa shape index (κ2) is 6.37. The highest BCUT2D eigenvalue weighted by molar-refractivity contribution is 5.80. The highest BCUT2D eigenvalue weighted by Gasteiger charge is 2.50. The summed E-state index contributed by atoms with van der Waals surface area (Å²) in [5.74, 6) is 0.476. The van der Waals surface area contributed by atoms with Crippen molar-refractivity contribution < 1.29 is 4.79 Å². The van der Waals surface area contributed by atoms with Gasteiger partial charge in [-0.3, -0.25) is 14.7 Å². The molecule has 3 rings (SSSR count). The highest BCUT2D eigenvalue weighted by Crippen LogP contribution is 2.50. The van der Waals surface area contributed by atoms with Crippen LogP contribution in [-0.4, -0.2) is 34.9 Å². The van der Waals surface area contributed by atoms with E-state index in [1.165, 1.54) is 18.4 Å². The molecule has 1 N–H and O–H groups in total. The predicted molar refractivity (Wildman–Crippen MR) is 87.2 cm³/mol. The fourth-order valence-corrected chi connectivity index (χ4v) is 4.29. The average Bonchev–Trinajstić information content (AvgIpc) is 3.07. The maximum atomic E-state index is 12.5. The van der Waals surface area contributed by atoms with Crippen LogP contribution in [0.3, 0.4) is 0 Å². The Bertz CT molecular complexity index is 516. The summed E-state index contributed by atoms with van der Waals surface area (Å²) in [6, 6.07) is 4.36. The second-order valence-corrected chi connectivity index (χ2v) is 7.29. The van der Waals surface area contributed by atoms with E-state index in [1.54, 1.807) is 0 Å². The van der Waals surface area contributed by atoms with Gasteiger partial charge >= 0.3 is 0 Å². The first-order valence-electron chi connectivity index (χ1n) is 8.51. The molecule has 1 saturated heterocycles. The van der Waals surface area contributed by atoms with Crippen LogP contribution in [0.4, 0.5) is 0 Å². The van der Waals surface area contributed by atoms with Gasteiger partial charge in [0, 0.05) is 37.4 Å². The lowest BCUT2D eigenvalue weighted by molar-refractivity contribution is -0.128. The topological polar surface area (TPSA) is 45.2 Å². The minimum atomic E-state index is 0.203. The minimum Gasteiger partial charge on any atom is -0.354 e. The molecule has 2 heterocycles. The lowest BCUT2D eigenvalue weighted by Gasteiger charge is -2.31. The molecule has 0 unspecified atom stereocenters. The molecule has 1 amide bonds. The number of hydrogen-bond donors (Lipinski definition) is 1. The lowest BCUT2D eigenvalue weighted by Crippen LogP contribution is -2.42. The molecule has 1 aliphatic carbocycles. The summed E-state index contributed by atoms with van der Waals surface area (Å²) in [6.45, 7) is 7.19. The van der Waals surface area contributed by atoms with E-state index in [2.05, 4.69) is 21.3 Å². The summed E-state index contributed by atoms with van der Waals surface area (Å²) >= 11 is 0. The first-order valence-corrected chi connectivity index (χ1v) is 8.51. The van der Waals surface area contributed by atoms with Crippen LogP contribution in [0.2, 0.25) is 0 Å². The van der Waals surface area contributed by atoms with Crippen LogP contribution in [-0.2, 0) is 11.3 Å². The van der Waals surface area contributed by atoms with Crippen LogP contribution in [0.1, 0.15) is 45.1 Å².